The average molecular weight is 964 g/mol. The Morgan fingerprint density at radius 1 is 0.588 bits per heavy atom. The molecule has 2 saturated carbocycles. The standard InChI is InChI=1S/C53H67ClO14/c1-4-42(65-51(58)40-19-26-46(27-20-40)67-52(59)39-15-22-43(23-16-39)61-34-10-7-9-13-37-64-49(56)32-33-54)21-14-38(3)50(57)66-45-24-17-41(18-25-45)53(60)68-47-30-28-44(29-31-47)62-35-11-6-8-12-36-63-48(55)5-2/h4-5,14-16,21-23,28-31,40-41,45-46H,1-2,6-13,17-20,24-27,32-37H2,3H3/b38-14+,42-21+/t40-,41-,45-,46-. The maximum atomic E-state index is 13.1. The molecule has 0 spiro atoms. The molecule has 0 atom stereocenters. The van der Waals surface area contributed by atoms with Crippen LogP contribution in [-0.2, 0) is 47.7 Å². The second-order valence-corrected chi connectivity index (χ2v) is 17.2. The van der Waals surface area contributed by atoms with Crippen LogP contribution in [0.5, 0.6) is 17.2 Å². The van der Waals surface area contributed by atoms with Crippen molar-refractivity contribution in [2.45, 2.75) is 128 Å². The molecule has 0 aromatic heterocycles. The fraction of sp³-hybridized carbons (Fsp3) is 0.509. The topological polar surface area (TPSA) is 176 Å². The molecule has 2 aromatic rings. The number of allylic oxidation sites excluding steroid dienone is 3. The van der Waals surface area contributed by atoms with Crippen molar-refractivity contribution in [2.24, 2.45) is 11.8 Å². The zero-order chi connectivity index (χ0) is 48.9. The first kappa shape index (κ1) is 54.7. The van der Waals surface area contributed by atoms with Gasteiger partial charge in [-0.1, -0.05) is 13.2 Å². The highest BCUT2D eigenvalue weighted by Gasteiger charge is 2.31. The smallest absolute Gasteiger partial charge is 0.338 e. The van der Waals surface area contributed by atoms with Crippen LogP contribution in [0, 0.1) is 11.8 Å². The number of halogens is 1. The van der Waals surface area contributed by atoms with Crippen molar-refractivity contribution >= 4 is 47.4 Å². The molecule has 0 radical (unpaired) electrons. The summed E-state index contributed by atoms with van der Waals surface area (Å²) in [6.07, 6.45) is 16.2. The third-order valence-corrected chi connectivity index (χ3v) is 11.7. The molecular weight excluding hydrogens is 896 g/mol. The third kappa shape index (κ3) is 21.0. The summed E-state index contributed by atoms with van der Waals surface area (Å²) in [6.45, 7) is 10.6. The Hall–Kier alpha value is -5.89. The molecule has 14 nitrogen and oxygen atoms in total. The summed E-state index contributed by atoms with van der Waals surface area (Å²) < 4.78 is 44.4. The van der Waals surface area contributed by atoms with Gasteiger partial charge < -0.3 is 37.9 Å². The monoisotopic (exact) mass is 962 g/mol. The summed E-state index contributed by atoms with van der Waals surface area (Å²) in [7, 11) is 0. The van der Waals surface area contributed by atoms with Crippen LogP contribution < -0.4 is 14.2 Å². The van der Waals surface area contributed by atoms with Crippen molar-refractivity contribution < 1.29 is 66.7 Å². The number of rotatable bonds is 29. The molecule has 0 bridgehead atoms. The summed E-state index contributed by atoms with van der Waals surface area (Å²) in [5, 5.41) is 0. The first-order valence-electron chi connectivity index (χ1n) is 23.8. The van der Waals surface area contributed by atoms with Gasteiger partial charge in [0.2, 0.25) is 0 Å². The van der Waals surface area contributed by atoms with Gasteiger partial charge in [-0.05, 0) is 176 Å². The van der Waals surface area contributed by atoms with Crippen LogP contribution in [0.4, 0.5) is 0 Å². The van der Waals surface area contributed by atoms with E-state index in [1.54, 1.807) is 55.5 Å². The highest BCUT2D eigenvalue weighted by Crippen LogP contribution is 2.31. The van der Waals surface area contributed by atoms with Gasteiger partial charge in [0.1, 0.15) is 35.2 Å². The summed E-state index contributed by atoms with van der Waals surface area (Å²) in [5.74, 6) is -0.852. The molecule has 370 valence electrons. The Kier molecular flexibility index (Phi) is 25.1. The molecule has 0 aliphatic heterocycles. The minimum atomic E-state index is -0.506. The summed E-state index contributed by atoms with van der Waals surface area (Å²) >= 11 is 5.53. The van der Waals surface area contributed by atoms with Crippen LogP contribution in [0.25, 0.3) is 0 Å². The summed E-state index contributed by atoms with van der Waals surface area (Å²) in [5.41, 5.74) is 0.723. The summed E-state index contributed by atoms with van der Waals surface area (Å²) in [4.78, 5) is 74.2. The minimum absolute atomic E-state index is 0.191. The number of benzene rings is 2. The Morgan fingerprint density at radius 2 is 1.09 bits per heavy atom. The van der Waals surface area contributed by atoms with Gasteiger partial charge in [-0.15, -0.1) is 11.6 Å². The molecule has 2 aliphatic rings. The zero-order valence-electron chi connectivity index (χ0n) is 39.3. The SMILES string of the molecule is C=CC(=O)OCCCCCCOc1ccc(OC(=O)[C@H]2CC[C@H](OC(=O)/C(C)=C/C=C(\C=C)OC(=O)[C@H]3CC[C@H](OC(=O)c4ccc(OCCCCCCOC(=O)CCCl)cc4)CC3)CC2)cc1. The molecule has 2 fully saturated rings. The van der Waals surface area contributed by atoms with E-state index in [4.69, 9.17) is 49.5 Å². The molecule has 0 saturated heterocycles. The van der Waals surface area contributed by atoms with Crippen LogP contribution in [0.1, 0.15) is 126 Å². The maximum Gasteiger partial charge on any atom is 0.338 e. The lowest BCUT2D eigenvalue weighted by Gasteiger charge is -2.27. The highest BCUT2D eigenvalue weighted by molar-refractivity contribution is 6.18. The largest absolute Gasteiger partial charge is 0.494 e. The van der Waals surface area contributed by atoms with Crippen molar-refractivity contribution in [3.63, 3.8) is 0 Å². The van der Waals surface area contributed by atoms with Gasteiger partial charge in [0.25, 0.3) is 0 Å². The molecule has 4 rings (SSSR count). The van der Waals surface area contributed by atoms with Crippen LogP contribution in [0.15, 0.2) is 97.3 Å². The van der Waals surface area contributed by atoms with E-state index in [9.17, 15) is 28.8 Å². The molecular formula is C53H67ClO14. The molecule has 15 heteroatoms. The molecule has 0 heterocycles. The molecule has 2 aromatic carbocycles. The van der Waals surface area contributed by atoms with E-state index in [1.165, 1.54) is 18.2 Å². The van der Waals surface area contributed by atoms with Gasteiger partial charge in [0.15, 0.2) is 0 Å². The molecule has 68 heavy (non-hydrogen) atoms. The van der Waals surface area contributed by atoms with Gasteiger partial charge in [0, 0.05) is 17.5 Å². The van der Waals surface area contributed by atoms with Crippen LogP contribution in [0.3, 0.4) is 0 Å². The number of alkyl halides is 1. The number of hydrogen-bond donors (Lipinski definition) is 0. The number of esters is 6. The summed E-state index contributed by atoms with van der Waals surface area (Å²) in [6, 6.07) is 13.7. The second-order valence-electron chi connectivity index (χ2n) is 16.8. The number of hydrogen-bond acceptors (Lipinski definition) is 14. The predicted molar refractivity (Wildman–Crippen MR) is 255 cm³/mol. The van der Waals surface area contributed by atoms with E-state index in [1.807, 2.05) is 0 Å². The molecule has 2 aliphatic carbocycles. The van der Waals surface area contributed by atoms with Crippen molar-refractivity contribution in [1.82, 2.24) is 0 Å². The van der Waals surface area contributed by atoms with E-state index in [0.29, 0.717) is 106 Å². The lowest BCUT2D eigenvalue weighted by molar-refractivity contribution is -0.148. The van der Waals surface area contributed by atoms with Crippen molar-refractivity contribution in [1.29, 1.82) is 0 Å². The molecule has 0 N–H and O–H groups in total. The first-order valence-corrected chi connectivity index (χ1v) is 24.3. The number of ether oxygens (including phenoxy) is 8. The fourth-order valence-electron chi connectivity index (χ4n) is 7.47. The van der Waals surface area contributed by atoms with Gasteiger partial charge in [-0.25, -0.2) is 14.4 Å². The van der Waals surface area contributed by atoms with Gasteiger partial charge in [-0.2, -0.15) is 0 Å². The van der Waals surface area contributed by atoms with E-state index in [2.05, 4.69) is 13.2 Å². The Bertz CT molecular complexity index is 1990. The second kappa shape index (κ2) is 31.2. The molecule has 0 unspecified atom stereocenters. The quantitative estimate of drug-likeness (QED) is 0.0110. The molecule has 0 amide bonds. The lowest BCUT2D eigenvalue weighted by atomic mass is 9.87. The van der Waals surface area contributed by atoms with Crippen molar-refractivity contribution in [2.75, 3.05) is 32.3 Å². The van der Waals surface area contributed by atoms with E-state index >= 15 is 0 Å². The predicted octanol–water partition coefficient (Wildman–Crippen LogP) is 10.4. The van der Waals surface area contributed by atoms with Crippen LogP contribution in [-0.4, -0.2) is 80.3 Å². The number of unbranched alkanes of at least 4 members (excludes halogenated alkanes) is 6. The average Bonchev–Trinajstić information content (AvgIpc) is 3.35. The minimum Gasteiger partial charge on any atom is -0.494 e. The highest BCUT2D eigenvalue weighted by atomic mass is 35.5. The van der Waals surface area contributed by atoms with Crippen molar-refractivity contribution in [3.8, 4) is 17.2 Å². The Balaban J connectivity index is 1.07. The van der Waals surface area contributed by atoms with Gasteiger partial charge in [-0.3, -0.25) is 14.4 Å². The van der Waals surface area contributed by atoms with E-state index in [-0.39, 0.29) is 54.0 Å². The number of carbonyl (C=O) groups excluding carboxylic acids is 6. The van der Waals surface area contributed by atoms with E-state index < -0.39 is 23.9 Å². The zero-order valence-corrected chi connectivity index (χ0v) is 40.1. The maximum absolute atomic E-state index is 13.1. The van der Waals surface area contributed by atoms with Gasteiger partial charge >= 0.3 is 35.8 Å². The van der Waals surface area contributed by atoms with Crippen LogP contribution >= 0.6 is 11.6 Å². The van der Waals surface area contributed by atoms with Gasteiger partial charge in [0.05, 0.1) is 50.2 Å². The van der Waals surface area contributed by atoms with E-state index in [0.717, 1.165) is 57.4 Å². The number of carbonyl (C=O) groups is 6. The first-order chi connectivity index (χ1) is 33.0. The third-order valence-electron chi connectivity index (χ3n) is 11.5. The Labute approximate surface area is 405 Å². The lowest BCUT2D eigenvalue weighted by Crippen LogP contribution is -2.30. The Morgan fingerprint density at radius 3 is 1.63 bits per heavy atom. The van der Waals surface area contributed by atoms with Crippen molar-refractivity contribution in [3.05, 3.63) is 103 Å². The fourth-order valence-corrected chi connectivity index (χ4v) is 7.62. The normalized spacial score (nSPS) is 18.3. The van der Waals surface area contributed by atoms with Crippen LogP contribution in [0.2, 0.25) is 0 Å².